The molecule has 0 aromatic heterocycles. The predicted molar refractivity (Wildman–Crippen MR) is 92.5 cm³/mol. The van der Waals surface area contributed by atoms with Crippen LogP contribution >= 0.6 is 15.9 Å². The summed E-state index contributed by atoms with van der Waals surface area (Å²) >= 11 is 3.36. The second kappa shape index (κ2) is 7.23. The first-order valence-corrected chi connectivity index (χ1v) is 7.67. The Morgan fingerprint density at radius 1 is 1.26 bits per heavy atom. The summed E-state index contributed by atoms with van der Waals surface area (Å²) in [6.07, 6.45) is 0. The van der Waals surface area contributed by atoms with Crippen molar-refractivity contribution in [2.45, 2.75) is 13.5 Å². The Labute approximate surface area is 142 Å². The SMILES string of the molecule is Cc1ccc([N+](=O)[O-])cc1NC(=O)N(C)Cc1ccc(Br)cc1. The number of amides is 2. The predicted octanol–water partition coefficient (Wildman–Crippen LogP) is 4.33. The lowest BCUT2D eigenvalue weighted by molar-refractivity contribution is -0.384. The van der Waals surface area contributed by atoms with E-state index in [1.165, 1.54) is 17.0 Å². The van der Waals surface area contributed by atoms with Gasteiger partial charge in [-0.25, -0.2) is 4.79 Å². The molecule has 1 N–H and O–H groups in total. The summed E-state index contributed by atoms with van der Waals surface area (Å²) in [7, 11) is 1.67. The van der Waals surface area contributed by atoms with Crippen LogP contribution in [0.25, 0.3) is 0 Å². The molecule has 0 unspecified atom stereocenters. The van der Waals surface area contributed by atoms with Crippen LogP contribution in [0.5, 0.6) is 0 Å². The summed E-state index contributed by atoms with van der Waals surface area (Å²) in [5, 5.41) is 13.5. The topological polar surface area (TPSA) is 75.5 Å². The van der Waals surface area contributed by atoms with Crippen LogP contribution in [-0.4, -0.2) is 22.9 Å². The minimum Gasteiger partial charge on any atom is -0.323 e. The molecule has 2 aromatic rings. The van der Waals surface area contributed by atoms with Gasteiger partial charge in [0, 0.05) is 30.2 Å². The van der Waals surface area contributed by atoms with Crippen molar-refractivity contribution in [2.24, 2.45) is 0 Å². The van der Waals surface area contributed by atoms with Gasteiger partial charge in [0.05, 0.1) is 10.6 Å². The summed E-state index contributed by atoms with van der Waals surface area (Å²) in [4.78, 5) is 24.1. The van der Waals surface area contributed by atoms with E-state index in [2.05, 4.69) is 21.2 Å². The van der Waals surface area contributed by atoms with Crippen LogP contribution in [-0.2, 0) is 6.54 Å². The van der Waals surface area contributed by atoms with E-state index in [-0.39, 0.29) is 11.7 Å². The van der Waals surface area contributed by atoms with Crippen LogP contribution < -0.4 is 5.32 Å². The molecular weight excluding hydrogens is 362 g/mol. The zero-order chi connectivity index (χ0) is 17.0. The summed E-state index contributed by atoms with van der Waals surface area (Å²) in [5.41, 5.74) is 2.14. The average Bonchev–Trinajstić information content (AvgIpc) is 2.51. The van der Waals surface area contributed by atoms with Crippen LogP contribution in [0.2, 0.25) is 0 Å². The van der Waals surface area contributed by atoms with E-state index in [4.69, 9.17) is 0 Å². The zero-order valence-corrected chi connectivity index (χ0v) is 14.3. The smallest absolute Gasteiger partial charge is 0.321 e. The van der Waals surface area contributed by atoms with E-state index in [1.54, 1.807) is 20.0 Å². The van der Waals surface area contributed by atoms with Crippen molar-refractivity contribution in [3.05, 3.63) is 68.2 Å². The van der Waals surface area contributed by atoms with E-state index in [0.29, 0.717) is 12.2 Å². The molecule has 2 aromatic carbocycles. The lowest BCUT2D eigenvalue weighted by Gasteiger charge is -2.19. The van der Waals surface area contributed by atoms with Crippen molar-refractivity contribution < 1.29 is 9.72 Å². The van der Waals surface area contributed by atoms with Gasteiger partial charge in [-0.1, -0.05) is 34.1 Å². The number of halogens is 1. The van der Waals surface area contributed by atoms with Crippen LogP contribution in [0.4, 0.5) is 16.2 Å². The van der Waals surface area contributed by atoms with Crippen LogP contribution in [0.3, 0.4) is 0 Å². The maximum Gasteiger partial charge on any atom is 0.321 e. The van der Waals surface area contributed by atoms with Crippen LogP contribution in [0.15, 0.2) is 46.9 Å². The Morgan fingerprint density at radius 3 is 2.52 bits per heavy atom. The fourth-order valence-corrected chi connectivity index (χ4v) is 2.27. The minimum absolute atomic E-state index is 0.0542. The van der Waals surface area contributed by atoms with Gasteiger partial charge < -0.3 is 10.2 Å². The van der Waals surface area contributed by atoms with Gasteiger partial charge in [0.15, 0.2) is 0 Å². The van der Waals surface area contributed by atoms with E-state index < -0.39 is 4.92 Å². The third kappa shape index (κ3) is 4.53. The van der Waals surface area contributed by atoms with Crippen molar-refractivity contribution >= 4 is 33.3 Å². The molecule has 0 saturated heterocycles. The third-order valence-electron chi connectivity index (χ3n) is 3.35. The molecule has 120 valence electrons. The Hall–Kier alpha value is -2.41. The lowest BCUT2D eigenvalue weighted by Crippen LogP contribution is -2.31. The number of non-ortho nitro benzene ring substituents is 1. The summed E-state index contributed by atoms with van der Waals surface area (Å²) in [6.45, 7) is 2.22. The van der Waals surface area contributed by atoms with Gasteiger partial charge in [-0.2, -0.15) is 0 Å². The molecule has 0 spiro atoms. The maximum absolute atomic E-state index is 12.3. The molecule has 0 radical (unpaired) electrons. The highest BCUT2D eigenvalue weighted by atomic mass is 79.9. The third-order valence-corrected chi connectivity index (χ3v) is 3.88. The molecule has 7 heteroatoms. The van der Waals surface area contributed by atoms with Gasteiger partial charge >= 0.3 is 6.03 Å². The fourth-order valence-electron chi connectivity index (χ4n) is 2.00. The molecular formula is C16H16BrN3O3. The Morgan fingerprint density at radius 2 is 1.91 bits per heavy atom. The van der Waals surface area contributed by atoms with Crippen LogP contribution in [0.1, 0.15) is 11.1 Å². The first-order valence-electron chi connectivity index (χ1n) is 6.88. The quantitative estimate of drug-likeness (QED) is 0.636. The second-order valence-corrected chi connectivity index (χ2v) is 6.08. The maximum atomic E-state index is 12.3. The highest BCUT2D eigenvalue weighted by molar-refractivity contribution is 9.10. The minimum atomic E-state index is -0.485. The van der Waals surface area contributed by atoms with Crippen molar-refractivity contribution in [2.75, 3.05) is 12.4 Å². The number of carbonyl (C=O) groups excluding carboxylic acids is 1. The van der Waals surface area contributed by atoms with E-state index in [9.17, 15) is 14.9 Å². The Bertz CT molecular complexity index is 732. The molecule has 0 aliphatic heterocycles. The fraction of sp³-hybridized carbons (Fsp3) is 0.188. The van der Waals surface area contributed by atoms with E-state index in [1.807, 2.05) is 24.3 Å². The van der Waals surface area contributed by atoms with Crippen molar-refractivity contribution in [1.29, 1.82) is 0 Å². The Balaban J connectivity index is 2.07. The molecule has 2 rings (SSSR count). The number of nitro groups is 1. The largest absolute Gasteiger partial charge is 0.323 e. The number of nitrogens with one attached hydrogen (secondary N) is 1. The highest BCUT2D eigenvalue weighted by Gasteiger charge is 2.14. The normalized spacial score (nSPS) is 10.2. The number of aryl methyl sites for hydroxylation is 1. The Kier molecular flexibility index (Phi) is 5.33. The molecule has 6 nitrogen and oxygen atoms in total. The number of urea groups is 1. The summed E-state index contributed by atoms with van der Waals surface area (Å²) < 4.78 is 0.973. The first kappa shape index (κ1) is 17.0. The summed E-state index contributed by atoms with van der Waals surface area (Å²) in [6, 6.07) is 11.7. The molecule has 0 saturated carbocycles. The van der Waals surface area contributed by atoms with Gasteiger partial charge in [0.1, 0.15) is 0 Å². The number of benzene rings is 2. The number of hydrogen-bond donors (Lipinski definition) is 1. The average molecular weight is 378 g/mol. The molecule has 0 aliphatic carbocycles. The molecule has 0 fully saturated rings. The standard InChI is InChI=1S/C16H16BrN3O3/c1-11-3-8-14(20(22)23)9-15(11)18-16(21)19(2)10-12-4-6-13(17)7-5-12/h3-9H,10H2,1-2H3,(H,18,21). The number of hydrogen-bond acceptors (Lipinski definition) is 3. The number of rotatable bonds is 4. The highest BCUT2D eigenvalue weighted by Crippen LogP contribution is 2.22. The molecule has 2 amide bonds. The summed E-state index contributed by atoms with van der Waals surface area (Å²) in [5.74, 6) is 0. The van der Waals surface area contributed by atoms with Gasteiger partial charge in [-0.15, -0.1) is 0 Å². The van der Waals surface area contributed by atoms with Crippen LogP contribution in [0, 0.1) is 17.0 Å². The van der Waals surface area contributed by atoms with Crippen molar-refractivity contribution in [1.82, 2.24) is 4.90 Å². The van der Waals surface area contributed by atoms with E-state index in [0.717, 1.165) is 15.6 Å². The number of nitrogens with zero attached hydrogens (tertiary/aromatic N) is 2. The zero-order valence-electron chi connectivity index (χ0n) is 12.7. The molecule has 0 bridgehead atoms. The number of anilines is 1. The van der Waals surface area contributed by atoms with Crippen molar-refractivity contribution in [3.8, 4) is 0 Å². The number of nitro benzene ring substituents is 1. The van der Waals surface area contributed by atoms with E-state index >= 15 is 0 Å². The number of carbonyl (C=O) groups is 1. The van der Waals surface area contributed by atoms with Gasteiger partial charge in [0.2, 0.25) is 0 Å². The molecule has 0 atom stereocenters. The molecule has 23 heavy (non-hydrogen) atoms. The lowest BCUT2D eigenvalue weighted by atomic mass is 10.2. The van der Waals surface area contributed by atoms with Gasteiger partial charge in [-0.05, 0) is 30.2 Å². The van der Waals surface area contributed by atoms with Gasteiger partial charge in [0.25, 0.3) is 5.69 Å². The second-order valence-electron chi connectivity index (χ2n) is 5.17. The molecule has 0 heterocycles. The van der Waals surface area contributed by atoms with Gasteiger partial charge in [-0.3, -0.25) is 10.1 Å². The molecule has 0 aliphatic rings. The van der Waals surface area contributed by atoms with Crippen molar-refractivity contribution in [3.63, 3.8) is 0 Å². The first-order chi connectivity index (χ1) is 10.9. The monoisotopic (exact) mass is 377 g/mol.